The van der Waals surface area contributed by atoms with Gasteiger partial charge in [0.25, 0.3) is 0 Å². The Balaban J connectivity index is 1.87. The summed E-state index contributed by atoms with van der Waals surface area (Å²) in [4.78, 5) is 16.2. The number of aromatic nitrogens is 1. The zero-order chi connectivity index (χ0) is 14.8. The summed E-state index contributed by atoms with van der Waals surface area (Å²) in [5, 5.41) is 0. The molecule has 0 fully saturated rings. The Kier molecular flexibility index (Phi) is 3.57. The monoisotopic (exact) mass is 279 g/mol. The Morgan fingerprint density at radius 3 is 2.86 bits per heavy atom. The molecule has 3 heteroatoms. The molecule has 1 aliphatic rings. The van der Waals surface area contributed by atoms with E-state index in [4.69, 9.17) is 4.74 Å². The maximum absolute atomic E-state index is 11.8. The van der Waals surface area contributed by atoms with E-state index in [2.05, 4.69) is 36.2 Å². The average Bonchev–Trinajstić information content (AvgIpc) is 2.91. The van der Waals surface area contributed by atoms with E-state index in [9.17, 15) is 4.79 Å². The SMILES string of the molecule is COC(=O)c1ccnc2c1CC(Cc1ccccc1C)=C2. The van der Waals surface area contributed by atoms with Crippen molar-refractivity contribution < 1.29 is 9.53 Å². The molecule has 0 saturated carbocycles. The van der Waals surface area contributed by atoms with Crippen molar-refractivity contribution >= 4 is 12.0 Å². The summed E-state index contributed by atoms with van der Waals surface area (Å²) < 4.78 is 4.84. The molecule has 3 rings (SSSR count). The molecule has 21 heavy (non-hydrogen) atoms. The molecule has 0 unspecified atom stereocenters. The van der Waals surface area contributed by atoms with Crippen molar-refractivity contribution in [3.63, 3.8) is 0 Å². The Bertz CT molecular complexity index is 732. The van der Waals surface area contributed by atoms with Gasteiger partial charge in [-0.1, -0.05) is 29.8 Å². The van der Waals surface area contributed by atoms with Crippen LogP contribution in [0.2, 0.25) is 0 Å². The summed E-state index contributed by atoms with van der Waals surface area (Å²) in [5.41, 5.74) is 6.38. The number of nitrogens with zero attached hydrogens (tertiary/aromatic N) is 1. The molecular formula is C18H17NO2. The van der Waals surface area contributed by atoms with Crippen LogP contribution in [0.25, 0.3) is 6.08 Å². The highest BCUT2D eigenvalue weighted by atomic mass is 16.5. The number of hydrogen-bond acceptors (Lipinski definition) is 3. The third-order valence-electron chi connectivity index (χ3n) is 3.92. The fourth-order valence-electron chi connectivity index (χ4n) is 2.76. The standard InChI is InChI=1S/C18H17NO2/c1-12-5-3-4-6-14(12)9-13-10-16-15(18(20)21-2)7-8-19-17(16)11-13/h3-8,11H,9-10H2,1-2H3. The molecule has 0 aliphatic heterocycles. The first-order valence-corrected chi connectivity index (χ1v) is 6.99. The van der Waals surface area contributed by atoms with Crippen molar-refractivity contribution in [3.8, 4) is 0 Å². The second-order valence-electron chi connectivity index (χ2n) is 5.30. The van der Waals surface area contributed by atoms with Gasteiger partial charge in [0.15, 0.2) is 0 Å². The second-order valence-corrected chi connectivity index (χ2v) is 5.30. The topological polar surface area (TPSA) is 39.2 Å². The van der Waals surface area contributed by atoms with Crippen LogP contribution in [0.15, 0.2) is 42.1 Å². The Labute approximate surface area is 124 Å². The van der Waals surface area contributed by atoms with Gasteiger partial charge in [-0.3, -0.25) is 4.98 Å². The lowest BCUT2D eigenvalue weighted by molar-refractivity contribution is 0.0599. The fraction of sp³-hybridized carbons (Fsp3) is 0.222. The largest absolute Gasteiger partial charge is 0.465 e. The lowest BCUT2D eigenvalue weighted by Crippen LogP contribution is -2.07. The molecule has 3 nitrogen and oxygen atoms in total. The van der Waals surface area contributed by atoms with Gasteiger partial charge >= 0.3 is 5.97 Å². The molecule has 2 aromatic rings. The van der Waals surface area contributed by atoms with Gasteiger partial charge < -0.3 is 4.74 Å². The highest BCUT2D eigenvalue weighted by Crippen LogP contribution is 2.29. The quantitative estimate of drug-likeness (QED) is 0.809. The summed E-state index contributed by atoms with van der Waals surface area (Å²) in [5.74, 6) is -0.292. The van der Waals surface area contributed by atoms with Gasteiger partial charge in [-0.25, -0.2) is 4.79 Å². The summed E-state index contributed by atoms with van der Waals surface area (Å²) in [6.07, 6.45) is 5.41. The molecule has 0 radical (unpaired) electrons. The number of fused-ring (bicyclic) bond motifs is 1. The number of carbonyl (C=O) groups excluding carboxylic acids is 1. The normalized spacial score (nSPS) is 12.8. The van der Waals surface area contributed by atoms with E-state index in [0.29, 0.717) is 5.56 Å². The van der Waals surface area contributed by atoms with Crippen LogP contribution in [0.1, 0.15) is 32.7 Å². The van der Waals surface area contributed by atoms with Crippen LogP contribution in [0, 0.1) is 6.92 Å². The van der Waals surface area contributed by atoms with E-state index in [1.54, 1.807) is 12.3 Å². The van der Waals surface area contributed by atoms with E-state index < -0.39 is 0 Å². The molecule has 1 heterocycles. The molecule has 1 aliphatic carbocycles. The molecule has 0 N–H and O–H groups in total. The molecule has 0 spiro atoms. The van der Waals surface area contributed by atoms with Gasteiger partial charge in [0.05, 0.1) is 18.4 Å². The van der Waals surface area contributed by atoms with Crippen LogP contribution >= 0.6 is 0 Å². The Hall–Kier alpha value is -2.42. The summed E-state index contributed by atoms with van der Waals surface area (Å²) in [7, 11) is 1.41. The third kappa shape index (κ3) is 2.59. The van der Waals surface area contributed by atoms with E-state index in [0.717, 1.165) is 24.1 Å². The number of allylic oxidation sites excluding steroid dienone is 1. The number of rotatable bonds is 3. The number of pyridine rings is 1. The van der Waals surface area contributed by atoms with Crippen molar-refractivity contribution in [1.29, 1.82) is 0 Å². The predicted molar refractivity (Wildman–Crippen MR) is 82.1 cm³/mol. The summed E-state index contributed by atoms with van der Waals surface area (Å²) in [6, 6.07) is 10.1. The number of aryl methyl sites for hydroxylation is 1. The zero-order valence-corrected chi connectivity index (χ0v) is 12.2. The van der Waals surface area contributed by atoms with Gasteiger partial charge in [-0.2, -0.15) is 0 Å². The van der Waals surface area contributed by atoms with Crippen molar-refractivity contribution in [2.45, 2.75) is 19.8 Å². The van der Waals surface area contributed by atoms with Crippen LogP contribution in [-0.2, 0) is 17.6 Å². The highest BCUT2D eigenvalue weighted by Gasteiger charge is 2.21. The third-order valence-corrected chi connectivity index (χ3v) is 3.92. The molecule has 0 saturated heterocycles. The van der Waals surface area contributed by atoms with Gasteiger partial charge in [-0.15, -0.1) is 0 Å². The lowest BCUT2D eigenvalue weighted by Gasteiger charge is -2.07. The number of carbonyl (C=O) groups is 1. The van der Waals surface area contributed by atoms with Crippen molar-refractivity contribution in [2.24, 2.45) is 0 Å². The van der Waals surface area contributed by atoms with Crippen molar-refractivity contribution in [2.75, 3.05) is 7.11 Å². The van der Waals surface area contributed by atoms with E-state index in [-0.39, 0.29) is 5.97 Å². The first-order chi connectivity index (χ1) is 10.2. The molecule has 0 bridgehead atoms. The van der Waals surface area contributed by atoms with E-state index >= 15 is 0 Å². The first-order valence-electron chi connectivity index (χ1n) is 6.99. The number of benzene rings is 1. The molecule has 0 amide bonds. The van der Waals surface area contributed by atoms with Gasteiger partial charge in [-0.05, 0) is 48.6 Å². The number of esters is 1. The van der Waals surface area contributed by atoms with Gasteiger partial charge in [0.1, 0.15) is 0 Å². The first kappa shape index (κ1) is 13.6. The maximum atomic E-state index is 11.8. The van der Waals surface area contributed by atoms with E-state index in [1.165, 1.54) is 23.8 Å². The van der Waals surface area contributed by atoms with Crippen molar-refractivity contribution in [3.05, 3.63) is 70.0 Å². The summed E-state index contributed by atoms with van der Waals surface area (Å²) >= 11 is 0. The number of hydrogen-bond donors (Lipinski definition) is 0. The molecule has 1 aromatic heterocycles. The minimum absolute atomic E-state index is 0.292. The van der Waals surface area contributed by atoms with Gasteiger partial charge in [0, 0.05) is 6.20 Å². The average molecular weight is 279 g/mol. The predicted octanol–water partition coefficient (Wildman–Crippen LogP) is 3.36. The highest BCUT2D eigenvalue weighted by molar-refractivity contribution is 5.92. The van der Waals surface area contributed by atoms with Gasteiger partial charge in [0.2, 0.25) is 0 Å². The van der Waals surface area contributed by atoms with Crippen molar-refractivity contribution in [1.82, 2.24) is 4.98 Å². The zero-order valence-electron chi connectivity index (χ0n) is 12.2. The Morgan fingerprint density at radius 2 is 2.10 bits per heavy atom. The van der Waals surface area contributed by atoms with Crippen LogP contribution in [0.4, 0.5) is 0 Å². The number of ether oxygens (including phenoxy) is 1. The van der Waals surface area contributed by atoms with Crippen LogP contribution in [0.3, 0.4) is 0 Å². The summed E-state index contributed by atoms with van der Waals surface area (Å²) in [6.45, 7) is 2.12. The molecule has 0 atom stereocenters. The smallest absolute Gasteiger partial charge is 0.338 e. The molecule has 1 aromatic carbocycles. The van der Waals surface area contributed by atoms with Crippen LogP contribution in [-0.4, -0.2) is 18.1 Å². The molecular weight excluding hydrogens is 262 g/mol. The minimum Gasteiger partial charge on any atom is -0.465 e. The van der Waals surface area contributed by atoms with E-state index in [1.807, 2.05) is 6.07 Å². The fourth-order valence-corrected chi connectivity index (χ4v) is 2.76. The maximum Gasteiger partial charge on any atom is 0.338 e. The molecule has 106 valence electrons. The Morgan fingerprint density at radius 1 is 1.29 bits per heavy atom. The second kappa shape index (κ2) is 5.52. The minimum atomic E-state index is -0.292. The lowest BCUT2D eigenvalue weighted by atomic mass is 9.98. The van der Waals surface area contributed by atoms with Crippen LogP contribution < -0.4 is 0 Å². The number of methoxy groups -OCH3 is 1. The van der Waals surface area contributed by atoms with Crippen LogP contribution in [0.5, 0.6) is 0 Å².